The number of carbonyl (C=O) groups is 1. The third kappa shape index (κ3) is 1.59. The molecule has 0 amide bonds. The van der Waals surface area contributed by atoms with Crippen molar-refractivity contribution < 1.29 is 9.53 Å². The highest BCUT2D eigenvalue weighted by molar-refractivity contribution is 5.66. The normalized spacial score (nSPS) is 24.2. The van der Waals surface area contributed by atoms with Crippen LogP contribution in [0.25, 0.3) is 0 Å². The lowest BCUT2D eigenvalue weighted by molar-refractivity contribution is -0.144. The van der Waals surface area contributed by atoms with Gasteiger partial charge in [-0.25, -0.2) is 0 Å². The van der Waals surface area contributed by atoms with E-state index in [0.717, 1.165) is 12.8 Å². The first-order valence-electron chi connectivity index (χ1n) is 3.54. The van der Waals surface area contributed by atoms with Crippen LogP contribution in [-0.2, 0) is 9.53 Å². The van der Waals surface area contributed by atoms with E-state index < -0.39 is 0 Å². The summed E-state index contributed by atoms with van der Waals surface area (Å²) in [5.74, 6) is -0.181. The van der Waals surface area contributed by atoms with Crippen LogP contribution >= 0.6 is 0 Å². The molecule has 0 unspecified atom stereocenters. The summed E-state index contributed by atoms with van der Waals surface area (Å²) in [6.07, 6.45) is 4.19. The highest BCUT2D eigenvalue weighted by Crippen LogP contribution is 2.20. The van der Waals surface area contributed by atoms with Crippen molar-refractivity contribution >= 4 is 5.97 Å². The summed E-state index contributed by atoms with van der Waals surface area (Å²) < 4.78 is 5.02. The predicted octanol–water partition coefficient (Wildman–Crippen LogP) is 1.66. The van der Waals surface area contributed by atoms with E-state index in [1.165, 1.54) is 12.5 Å². The van der Waals surface area contributed by atoms with E-state index >= 15 is 0 Å². The second-order valence-corrected chi connectivity index (χ2v) is 2.62. The Bertz CT molecular complexity index is 170. The van der Waals surface area contributed by atoms with Gasteiger partial charge in [0.15, 0.2) is 0 Å². The Balaban J connectivity index is 2.43. The summed E-state index contributed by atoms with van der Waals surface area (Å²) in [5.41, 5.74) is 1.19. The molecule has 2 heteroatoms. The maximum absolute atomic E-state index is 10.5. The van der Waals surface area contributed by atoms with Crippen LogP contribution in [0.15, 0.2) is 11.6 Å². The third-order valence-corrected chi connectivity index (χ3v) is 1.71. The SMILES string of the molecule is CC(=O)O[C@H]1CCC=C1C. The van der Waals surface area contributed by atoms with Crippen molar-refractivity contribution in [2.45, 2.75) is 32.8 Å². The Hall–Kier alpha value is -0.790. The summed E-state index contributed by atoms with van der Waals surface area (Å²) in [5, 5.41) is 0. The molecule has 0 saturated heterocycles. The van der Waals surface area contributed by atoms with Crippen LogP contribution in [0.3, 0.4) is 0 Å². The Morgan fingerprint density at radius 3 is 2.90 bits per heavy atom. The number of ether oxygens (including phenoxy) is 1. The predicted molar refractivity (Wildman–Crippen MR) is 38.5 cm³/mol. The molecule has 0 aromatic rings. The van der Waals surface area contributed by atoms with Crippen molar-refractivity contribution in [3.05, 3.63) is 11.6 Å². The first kappa shape index (κ1) is 7.32. The fraction of sp³-hybridized carbons (Fsp3) is 0.625. The maximum atomic E-state index is 10.5. The van der Waals surface area contributed by atoms with E-state index in [1.54, 1.807) is 0 Å². The number of rotatable bonds is 1. The van der Waals surface area contributed by atoms with Gasteiger partial charge in [0.25, 0.3) is 0 Å². The molecule has 0 saturated carbocycles. The van der Waals surface area contributed by atoms with Crippen molar-refractivity contribution in [3.8, 4) is 0 Å². The van der Waals surface area contributed by atoms with Gasteiger partial charge in [0, 0.05) is 6.92 Å². The standard InChI is InChI=1S/C8H12O2/c1-6-4-3-5-8(6)10-7(2)9/h4,8H,3,5H2,1-2H3/t8-/m0/s1. The third-order valence-electron chi connectivity index (χ3n) is 1.71. The molecule has 1 aliphatic carbocycles. The van der Waals surface area contributed by atoms with E-state index in [4.69, 9.17) is 4.74 Å². The van der Waals surface area contributed by atoms with E-state index in [2.05, 4.69) is 6.08 Å². The Morgan fingerprint density at radius 1 is 1.80 bits per heavy atom. The minimum Gasteiger partial charge on any atom is -0.458 e. The fourth-order valence-electron chi connectivity index (χ4n) is 1.17. The van der Waals surface area contributed by atoms with Gasteiger partial charge in [-0.05, 0) is 25.3 Å². The van der Waals surface area contributed by atoms with Crippen LogP contribution in [0, 0.1) is 0 Å². The molecule has 0 aromatic heterocycles. The van der Waals surface area contributed by atoms with E-state index in [9.17, 15) is 4.79 Å². The number of allylic oxidation sites excluding steroid dienone is 1. The lowest BCUT2D eigenvalue weighted by Gasteiger charge is -2.10. The molecule has 0 N–H and O–H groups in total. The molecule has 0 fully saturated rings. The first-order valence-corrected chi connectivity index (χ1v) is 3.54. The molecule has 0 spiro atoms. The molecule has 56 valence electrons. The first-order chi connectivity index (χ1) is 4.70. The van der Waals surface area contributed by atoms with Crippen molar-refractivity contribution in [2.75, 3.05) is 0 Å². The molecule has 0 aliphatic heterocycles. The largest absolute Gasteiger partial charge is 0.458 e. The number of carbonyl (C=O) groups excluding carboxylic acids is 1. The summed E-state index contributed by atoms with van der Waals surface area (Å²) in [4.78, 5) is 10.5. The molecular weight excluding hydrogens is 128 g/mol. The summed E-state index contributed by atoms with van der Waals surface area (Å²) in [6.45, 7) is 3.45. The van der Waals surface area contributed by atoms with Crippen molar-refractivity contribution in [1.29, 1.82) is 0 Å². The zero-order valence-corrected chi connectivity index (χ0v) is 6.39. The number of hydrogen-bond acceptors (Lipinski definition) is 2. The van der Waals surface area contributed by atoms with Gasteiger partial charge in [0.2, 0.25) is 0 Å². The summed E-state index contributed by atoms with van der Waals surface area (Å²) >= 11 is 0. The van der Waals surface area contributed by atoms with Crippen molar-refractivity contribution in [1.82, 2.24) is 0 Å². The van der Waals surface area contributed by atoms with E-state index in [0.29, 0.717) is 0 Å². The molecule has 10 heavy (non-hydrogen) atoms. The molecule has 0 radical (unpaired) electrons. The Labute approximate surface area is 60.9 Å². The molecule has 0 bridgehead atoms. The van der Waals surface area contributed by atoms with Gasteiger partial charge >= 0.3 is 5.97 Å². The molecule has 0 heterocycles. The highest BCUT2D eigenvalue weighted by Gasteiger charge is 2.17. The van der Waals surface area contributed by atoms with E-state index in [-0.39, 0.29) is 12.1 Å². The Morgan fingerprint density at radius 2 is 2.50 bits per heavy atom. The van der Waals surface area contributed by atoms with Gasteiger partial charge in [-0.15, -0.1) is 0 Å². The number of hydrogen-bond donors (Lipinski definition) is 0. The second-order valence-electron chi connectivity index (χ2n) is 2.62. The van der Waals surface area contributed by atoms with Gasteiger partial charge < -0.3 is 4.74 Å². The van der Waals surface area contributed by atoms with E-state index in [1.807, 2.05) is 6.92 Å². The lowest BCUT2D eigenvalue weighted by atomic mass is 10.2. The minimum atomic E-state index is -0.181. The summed E-state index contributed by atoms with van der Waals surface area (Å²) in [6, 6.07) is 0. The lowest BCUT2D eigenvalue weighted by Crippen LogP contribution is -2.13. The molecule has 0 aromatic carbocycles. The topological polar surface area (TPSA) is 26.3 Å². The molecule has 2 nitrogen and oxygen atoms in total. The van der Waals surface area contributed by atoms with Crippen LogP contribution in [0.4, 0.5) is 0 Å². The van der Waals surface area contributed by atoms with Crippen molar-refractivity contribution in [2.24, 2.45) is 0 Å². The molecule has 1 aliphatic rings. The maximum Gasteiger partial charge on any atom is 0.303 e. The summed E-state index contributed by atoms with van der Waals surface area (Å²) in [7, 11) is 0. The smallest absolute Gasteiger partial charge is 0.303 e. The molecule has 1 rings (SSSR count). The van der Waals surface area contributed by atoms with Gasteiger partial charge in [0.1, 0.15) is 6.10 Å². The van der Waals surface area contributed by atoms with Crippen LogP contribution in [0.2, 0.25) is 0 Å². The van der Waals surface area contributed by atoms with Gasteiger partial charge in [-0.2, -0.15) is 0 Å². The number of esters is 1. The fourth-order valence-corrected chi connectivity index (χ4v) is 1.17. The quantitative estimate of drug-likeness (QED) is 0.409. The average molecular weight is 140 g/mol. The van der Waals surface area contributed by atoms with Crippen LogP contribution in [-0.4, -0.2) is 12.1 Å². The van der Waals surface area contributed by atoms with Crippen molar-refractivity contribution in [3.63, 3.8) is 0 Å². The molecular formula is C8H12O2. The van der Waals surface area contributed by atoms with Crippen LogP contribution in [0.5, 0.6) is 0 Å². The molecule has 1 atom stereocenters. The van der Waals surface area contributed by atoms with Crippen LogP contribution in [0.1, 0.15) is 26.7 Å². The highest BCUT2D eigenvalue weighted by atomic mass is 16.5. The van der Waals surface area contributed by atoms with Gasteiger partial charge in [0.05, 0.1) is 0 Å². The minimum absolute atomic E-state index is 0.0671. The van der Waals surface area contributed by atoms with Gasteiger partial charge in [-0.3, -0.25) is 4.79 Å². The average Bonchev–Trinajstić information content (AvgIpc) is 2.15. The second kappa shape index (κ2) is 2.86. The van der Waals surface area contributed by atoms with Crippen LogP contribution < -0.4 is 0 Å². The monoisotopic (exact) mass is 140 g/mol. The zero-order chi connectivity index (χ0) is 7.56. The Kier molecular flexibility index (Phi) is 2.10. The van der Waals surface area contributed by atoms with Gasteiger partial charge in [-0.1, -0.05) is 6.08 Å². The zero-order valence-electron chi connectivity index (χ0n) is 6.39.